The summed E-state index contributed by atoms with van der Waals surface area (Å²) in [5.74, 6) is 0.597. The van der Waals surface area contributed by atoms with Crippen molar-refractivity contribution in [2.45, 2.75) is 24.8 Å². The smallest absolute Gasteiger partial charge is 0.231 e. The molecule has 1 amide bonds. The first-order valence-corrected chi connectivity index (χ1v) is 9.01. The Morgan fingerprint density at radius 2 is 2.17 bits per heavy atom. The van der Waals surface area contributed by atoms with E-state index in [0.717, 1.165) is 45.7 Å². The molecular formula is C20H26N2O2. The van der Waals surface area contributed by atoms with E-state index in [-0.39, 0.29) is 11.3 Å². The highest BCUT2D eigenvalue weighted by Crippen LogP contribution is 2.50. The Bertz CT molecular complexity index is 611. The topological polar surface area (TPSA) is 32.8 Å². The molecule has 3 aliphatic heterocycles. The van der Waals surface area contributed by atoms with Crippen molar-refractivity contribution in [3.63, 3.8) is 0 Å². The molecule has 128 valence electrons. The van der Waals surface area contributed by atoms with Crippen molar-refractivity contribution in [2.24, 2.45) is 5.41 Å². The third-order valence-corrected chi connectivity index (χ3v) is 6.08. The van der Waals surface area contributed by atoms with Gasteiger partial charge in [0.05, 0.1) is 12.0 Å². The number of likely N-dealkylation sites (tertiary alicyclic amines) is 2. The Morgan fingerprint density at radius 1 is 1.33 bits per heavy atom. The maximum absolute atomic E-state index is 13.3. The van der Waals surface area contributed by atoms with Crippen LogP contribution in [0.15, 0.2) is 43.0 Å². The van der Waals surface area contributed by atoms with E-state index < -0.39 is 0 Å². The molecule has 4 heteroatoms. The molecule has 1 aromatic carbocycles. The molecule has 3 heterocycles. The van der Waals surface area contributed by atoms with Gasteiger partial charge in [0.25, 0.3) is 0 Å². The molecule has 3 aliphatic rings. The third kappa shape index (κ3) is 2.49. The van der Waals surface area contributed by atoms with Crippen LogP contribution in [0.25, 0.3) is 0 Å². The highest BCUT2D eigenvalue weighted by atomic mass is 16.5. The summed E-state index contributed by atoms with van der Waals surface area (Å²) in [7, 11) is 0. The van der Waals surface area contributed by atoms with Gasteiger partial charge < -0.3 is 9.64 Å². The Hall–Kier alpha value is -1.65. The molecule has 4 rings (SSSR count). The summed E-state index contributed by atoms with van der Waals surface area (Å²) in [6.45, 7) is 8.81. The second-order valence-electron chi connectivity index (χ2n) is 7.36. The van der Waals surface area contributed by atoms with Crippen molar-refractivity contribution >= 4 is 5.91 Å². The molecule has 0 radical (unpaired) electrons. The Labute approximate surface area is 144 Å². The highest BCUT2D eigenvalue weighted by molar-refractivity contribution is 5.87. The van der Waals surface area contributed by atoms with E-state index in [0.29, 0.717) is 18.5 Å². The first-order chi connectivity index (χ1) is 11.7. The van der Waals surface area contributed by atoms with Crippen LogP contribution < -0.4 is 0 Å². The van der Waals surface area contributed by atoms with E-state index in [1.807, 2.05) is 17.0 Å². The number of ether oxygens (including phenoxy) is 1. The number of carbonyl (C=O) groups is 1. The molecule has 1 spiro atoms. The maximum atomic E-state index is 13.3. The molecule has 0 aromatic heterocycles. The van der Waals surface area contributed by atoms with Gasteiger partial charge in [0.15, 0.2) is 0 Å². The van der Waals surface area contributed by atoms with Gasteiger partial charge in [-0.1, -0.05) is 36.4 Å². The summed E-state index contributed by atoms with van der Waals surface area (Å²) >= 11 is 0. The zero-order chi connectivity index (χ0) is 16.6. The van der Waals surface area contributed by atoms with Crippen LogP contribution in [0.2, 0.25) is 0 Å². The summed E-state index contributed by atoms with van der Waals surface area (Å²) in [4.78, 5) is 17.8. The van der Waals surface area contributed by atoms with Crippen molar-refractivity contribution in [3.05, 3.63) is 48.6 Å². The van der Waals surface area contributed by atoms with Gasteiger partial charge in [0.2, 0.25) is 5.91 Å². The first-order valence-electron chi connectivity index (χ1n) is 9.01. The van der Waals surface area contributed by atoms with Gasteiger partial charge in [0, 0.05) is 44.7 Å². The normalized spacial score (nSPS) is 33.7. The van der Waals surface area contributed by atoms with Crippen LogP contribution in [-0.4, -0.2) is 61.1 Å². The largest absolute Gasteiger partial charge is 0.380 e. The molecule has 1 aromatic rings. The fraction of sp³-hybridized carbons (Fsp3) is 0.550. The van der Waals surface area contributed by atoms with Crippen LogP contribution in [0.1, 0.15) is 24.3 Å². The average molecular weight is 326 g/mol. The van der Waals surface area contributed by atoms with Gasteiger partial charge in [-0.25, -0.2) is 0 Å². The quantitative estimate of drug-likeness (QED) is 0.796. The minimum Gasteiger partial charge on any atom is -0.380 e. The number of carbonyl (C=O) groups excluding carboxylic acids is 1. The molecule has 0 saturated carbocycles. The van der Waals surface area contributed by atoms with Gasteiger partial charge in [-0.05, 0) is 18.4 Å². The Balaban J connectivity index is 1.66. The van der Waals surface area contributed by atoms with E-state index in [1.54, 1.807) is 0 Å². The van der Waals surface area contributed by atoms with Crippen LogP contribution in [-0.2, 0) is 9.53 Å². The molecule has 3 saturated heterocycles. The number of amides is 1. The first kappa shape index (κ1) is 15.9. The van der Waals surface area contributed by atoms with Crippen LogP contribution in [0, 0.1) is 5.41 Å². The second kappa shape index (κ2) is 6.34. The van der Waals surface area contributed by atoms with E-state index in [2.05, 4.69) is 35.7 Å². The molecule has 0 aliphatic carbocycles. The van der Waals surface area contributed by atoms with E-state index >= 15 is 0 Å². The SMILES string of the molecule is C=CCN1CC[C@]2(CN([C@H]3CCOC3)C[C@H]2c2ccccc2)C1=O. The maximum Gasteiger partial charge on any atom is 0.231 e. The van der Waals surface area contributed by atoms with Crippen molar-refractivity contribution in [3.8, 4) is 0 Å². The van der Waals surface area contributed by atoms with Crippen molar-refractivity contribution in [1.82, 2.24) is 9.80 Å². The predicted octanol–water partition coefficient (Wildman–Crippen LogP) is 2.28. The molecule has 24 heavy (non-hydrogen) atoms. The average Bonchev–Trinajstić information content (AvgIpc) is 3.32. The van der Waals surface area contributed by atoms with E-state index in [9.17, 15) is 4.79 Å². The highest BCUT2D eigenvalue weighted by Gasteiger charge is 2.57. The minimum absolute atomic E-state index is 0.271. The number of nitrogens with zero attached hydrogens (tertiary/aromatic N) is 2. The van der Waals surface area contributed by atoms with E-state index in [4.69, 9.17) is 4.74 Å². The number of hydrogen-bond acceptors (Lipinski definition) is 3. The van der Waals surface area contributed by atoms with Gasteiger partial charge in [-0.2, -0.15) is 0 Å². The fourth-order valence-electron chi connectivity index (χ4n) is 4.80. The molecule has 0 N–H and O–H groups in total. The lowest BCUT2D eigenvalue weighted by Gasteiger charge is -2.29. The van der Waals surface area contributed by atoms with Gasteiger partial charge in [0.1, 0.15) is 0 Å². The summed E-state index contributed by atoms with van der Waals surface area (Å²) in [5.41, 5.74) is 1.03. The van der Waals surface area contributed by atoms with Crippen molar-refractivity contribution in [2.75, 3.05) is 39.4 Å². The lowest BCUT2D eigenvalue weighted by molar-refractivity contribution is -0.135. The van der Waals surface area contributed by atoms with Crippen LogP contribution in [0.3, 0.4) is 0 Å². The summed E-state index contributed by atoms with van der Waals surface area (Å²) in [5, 5.41) is 0. The molecule has 0 bridgehead atoms. The molecule has 4 nitrogen and oxygen atoms in total. The van der Waals surface area contributed by atoms with Crippen molar-refractivity contribution < 1.29 is 9.53 Å². The number of rotatable bonds is 4. The lowest BCUT2D eigenvalue weighted by atomic mass is 9.73. The number of benzene rings is 1. The molecule has 0 unspecified atom stereocenters. The zero-order valence-corrected chi connectivity index (χ0v) is 14.2. The van der Waals surface area contributed by atoms with Gasteiger partial charge in [-0.15, -0.1) is 6.58 Å². The predicted molar refractivity (Wildman–Crippen MR) is 93.8 cm³/mol. The minimum atomic E-state index is -0.271. The summed E-state index contributed by atoms with van der Waals surface area (Å²) in [6, 6.07) is 11.1. The summed E-state index contributed by atoms with van der Waals surface area (Å²) < 4.78 is 5.60. The second-order valence-corrected chi connectivity index (χ2v) is 7.36. The Kier molecular flexibility index (Phi) is 4.19. The molecule has 3 fully saturated rings. The third-order valence-electron chi connectivity index (χ3n) is 6.08. The lowest BCUT2D eigenvalue weighted by Crippen LogP contribution is -2.41. The number of hydrogen-bond donors (Lipinski definition) is 0. The summed E-state index contributed by atoms with van der Waals surface area (Å²) in [6.07, 6.45) is 3.87. The molecule has 3 atom stereocenters. The van der Waals surface area contributed by atoms with Crippen LogP contribution >= 0.6 is 0 Å². The van der Waals surface area contributed by atoms with E-state index in [1.165, 1.54) is 5.56 Å². The van der Waals surface area contributed by atoms with Gasteiger partial charge >= 0.3 is 0 Å². The Morgan fingerprint density at radius 3 is 2.88 bits per heavy atom. The fourth-order valence-corrected chi connectivity index (χ4v) is 4.80. The van der Waals surface area contributed by atoms with Crippen molar-refractivity contribution in [1.29, 1.82) is 0 Å². The van der Waals surface area contributed by atoms with Crippen LogP contribution in [0.5, 0.6) is 0 Å². The van der Waals surface area contributed by atoms with Crippen LogP contribution in [0.4, 0.5) is 0 Å². The monoisotopic (exact) mass is 326 g/mol. The zero-order valence-electron chi connectivity index (χ0n) is 14.2. The van der Waals surface area contributed by atoms with Gasteiger partial charge in [-0.3, -0.25) is 9.69 Å². The standard InChI is InChI=1S/C20H26N2O2/c1-2-10-21-11-9-20(19(21)23)15-22(17-8-12-24-14-17)13-18(20)16-6-4-3-5-7-16/h2-7,17-18H,1,8-15H2/t17-,18-,20+/m0/s1. The molecular weight excluding hydrogens is 300 g/mol.